The first kappa shape index (κ1) is 21.1. The predicted octanol–water partition coefficient (Wildman–Crippen LogP) is 0.542. The van der Waals surface area contributed by atoms with Crippen molar-refractivity contribution in [3.63, 3.8) is 0 Å². The van der Waals surface area contributed by atoms with Crippen molar-refractivity contribution < 1.29 is 13.2 Å². The van der Waals surface area contributed by atoms with Gasteiger partial charge in [-0.25, -0.2) is 13.1 Å². The molecule has 0 aromatic carbocycles. The SMILES string of the molecule is CN=C(NCCOCCC(C)C)NCC(C)(C)NS(C)(=O)=O. The smallest absolute Gasteiger partial charge is 0.209 e. The second-order valence-electron chi connectivity index (χ2n) is 6.41. The lowest BCUT2D eigenvalue weighted by molar-refractivity contribution is 0.128. The lowest BCUT2D eigenvalue weighted by Gasteiger charge is -2.26. The highest BCUT2D eigenvalue weighted by atomic mass is 32.2. The molecule has 0 radical (unpaired) electrons. The zero-order valence-electron chi connectivity index (χ0n) is 14.7. The number of nitrogens with zero attached hydrogens (tertiary/aromatic N) is 1. The molecule has 8 heteroatoms. The van der Waals surface area contributed by atoms with Gasteiger partial charge in [-0.05, 0) is 26.2 Å². The van der Waals surface area contributed by atoms with E-state index in [9.17, 15) is 8.42 Å². The molecule has 0 aromatic rings. The molecule has 0 saturated heterocycles. The molecule has 0 aliphatic carbocycles. The molecule has 0 aliphatic heterocycles. The van der Waals surface area contributed by atoms with Gasteiger partial charge in [0.1, 0.15) is 0 Å². The van der Waals surface area contributed by atoms with E-state index in [-0.39, 0.29) is 0 Å². The molecule has 22 heavy (non-hydrogen) atoms. The van der Waals surface area contributed by atoms with E-state index in [4.69, 9.17) is 4.74 Å². The highest BCUT2D eigenvalue weighted by Gasteiger charge is 2.22. The van der Waals surface area contributed by atoms with Gasteiger partial charge < -0.3 is 15.4 Å². The van der Waals surface area contributed by atoms with Crippen LogP contribution in [0.5, 0.6) is 0 Å². The molecule has 0 spiro atoms. The van der Waals surface area contributed by atoms with E-state index in [2.05, 4.69) is 34.2 Å². The van der Waals surface area contributed by atoms with Crippen LogP contribution in [0.1, 0.15) is 34.1 Å². The summed E-state index contributed by atoms with van der Waals surface area (Å²) in [5.74, 6) is 1.27. The molecule has 0 saturated carbocycles. The molecule has 0 bridgehead atoms. The molecule has 0 amide bonds. The van der Waals surface area contributed by atoms with Crippen molar-refractivity contribution >= 4 is 16.0 Å². The Labute approximate surface area is 135 Å². The van der Waals surface area contributed by atoms with Crippen LogP contribution >= 0.6 is 0 Å². The number of sulfonamides is 1. The van der Waals surface area contributed by atoms with Crippen molar-refractivity contribution in [2.24, 2.45) is 10.9 Å². The highest BCUT2D eigenvalue weighted by Crippen LogP contribution is 2.01. The normalized spacial score (nSPS) is 13.5. The van der Waals surface area contributed by atoms with Crippen molar-refractivity contribution in [2.75, 3.05) is 39.6 Å². The van der Waals surface area contributed by atoms with Crippen LogP contribution in [0.25, 0.3) is 0 Å². The maximum atomic E-state index is 11.3. The highest BCUT2D eigenvalue weighted by molar-refractivity contribution is 7.88. The third kappa shape index (κ3) is 12.8. The van der Waals surface area contributed by atoms with E-state index < -0.39 is 15.6 Å². The van der Waals surface area contributed by atoms with Gasteiger partial charge in [-0.15, -0.1) is 0 Å². The van der Waals surface area contributed by atoms with Gasteiger partial charge in [0.15, 0.2) is 5.96 Å². The third-order valence-corrected chi connectivity index (χ3v) is 3.68. The van der Waals surface area contributed by atoms with Crippen molar-refractivity contribution in [3.05, 3.63) is 0 Å². The fourth-order valence-electron chi connectivity index (χ4n) is 1.73. The average Bonchev–Trinajstić information content (AvgIpc) is 2.33. The summed E-state index contributed by atoms with van der Waals surface area (Å²) < 4.78 is 30.6. The summed E-state index contributed by atoms with van der Waals surface area (Å²) in [6.07, 6.45) is 2.20. The molecule has 3 N–H and O–H groups in total. The lowest BCUT2D eigenvalue weighted by Crippen LogP contribution is -2.53. The Bertz CT molecular complexity index is 433. The zero-order valence-corrected chi connectivity index (χ0v) is 15.5. The van der Waals surface area contributed by atoms with Gasteiger partial charge in [0, 0.05) is 32.3 Å². The van der Waals surface area contributed by atoms with Gasteiger partial charge in [0.25, 0.3) is 0 Å². The van der Waals surface area contributed by atoms with Crippen LogP contribution in [0.4, 0.5) is 0 Å². The van der Waals surface area contributed by atoms with Crippen LogP contribution in [0.15, 0.2) is 4.99 Å². The predicted molar refractivity (Wildman–Crippen MR) is 91.7 cm³/mol. The molecule has 7 nitrogen and oxygen atoms in total. The van der Waals surface area contributed by atoms with Crippen LogP contribution in [0.2, 0.25) is 0 Å². The summed E-state index contributed by atoms with van der Waals surface area (Å²) in [5, 5.41) is 6.23. The molecule has 0 rings (SSSR count). The fraction of sp³-hybridized carbons (Fsp3) is 0.929. The second-order valence-corrected chi connectivity index (χ2v) is 8.15. The van der Waals surface area contributed by atoms with Gasteiger partial charge in [0.2, 0.25) is 10.0 Å². The molecule has 0 aromatic heterocycles. The first-order valence-corrected chi connectivity index (χ1v) is 9.46. The van der Waals surface area contributed by atoms with E-state index in [1.807, 2.05) is 13.8 Å². The van der Waals surface area contributed by atoms with E-state index in [1.54, 1.807) is 7.05 Å². The number of guanidine groups is 1. The summed E-state index contributed by atoms with van der Waals surface area (Å²) >= 11 is 0. The minimum atomic E-state index is -3.24. The maximum Gasteiger partial charge on any atom is 0.209 e. The van der Waals surface area contributed by atoms with Gasteiger partial charge in [0.05, 0.1) is 12.9 Å². The van der Waals surface area contributed by atoms with E-state index >= 15 is 0 Å². The Hall–Kier alpha value is -0.860. The first-order chi connectivity index (χ1) is 10.1. The van der Waals surface area contributed by atoms with Crippen LogP contribution in [-0.2, 0) is 14.8 Å². The quantitative estimate of drug-likeness (QED) is 0.308. The van der Waals surface area contributed by atoms with Crippen LogP contribution in [-0.4, -0.2) is 59.5 Å². The molecule has 0 aliphatic rings. The van der Waals surface area contributed by atoms with Gasteiger partial charge in [-0.3, -0.25) is 4.99 Å². The molecular weight excluding hydrogens is 304 g/mol. The molecule has 0 unspecified atom stereocenters. The number of aliphatic imine (C=N–C) groups is 1. The number of nitrogens with one attached hydrogen (secondary N) is 3. The maximum absolute atomic E-state index is 11.3. The third-order valence-electron chi connectivity index (χ3n) is 2.76. The van der Waals surface area contributed by atoms with E-state index in [0.717, 1.165) is 19.3 Å². The van der Waals surface area contributed by atoms with E-state index in [0.29, 0.717) is 31.6 Å². The molecule has 132 valence electrons. The second kappa shape index (κ2) is 10.0. The summed E-state index contributed by atoms with van der Waals surface area (Å²) in [4.78, 5) is 4.10. The molecule has 0 fully saturated rings. The number of hydrogen-bond donors (Lipinski definition) is 3. The van der Waals surface area contributed by atoms with Gasteiger partial charge in [-0.2, -0.15) is 0 Å². The topological polar surface area (TPSA) is 91.8 Å². The fourth-order valence-corrected chi connectivity index (χ4v) is 2.80. The van der Waals surface area contributed by atoms with Crippen LogP contribution in [0.3, 0.4) is 0 Å². The van der Waals surface area contributed by atoms with Crippen LogP contribution < -0.4 is 15.4 Å². The molecule has 0 heterocycles. The number of ether oxygens (including phenoxy) is 1. The summed E-state index contributed by atoms with van der Waals surface area (Å²) in [7, 11) is -1.57. The minimum Gasteiger partial charge on any atom is -0.380 e. The van der Waals surface area contributed by atoms with Crippen molar-refractivity contribution in [1.82, 2.24) is 15.4 Å². The summed E-state index contributed by atoms with van der Waals surface area (Å²) in [5.41, 5.74) is -0.598. The summed E-state index contributed by atoms with van der Waals surface area (Å²) in [6.45, 7) is 10.4. The van der Waals surface area contributed by atoms with Crippen molar-refractivity contribution in [1.29, 1.82) is 0 Å². The Morgan fingerprint density at radius 1 is 1.23 bits per heavy atom. The average molecular weight is 337 g/mol. The Kier molecular flexibility index (Phi) is 9.63. The number of hydrogen-bond acceptors (Lipinski definition) is 4. The van der Waals surface area contributed by atoms with E-state index in [1.165, 1.54) is 0 Å². The number of rotatable bonds is 10. The summed E-state index contributed by atoms with van der Waals surface area (Å²) in [6, 6.07) is 0. The molecule has 0 atom stereocenters. The molecular formula is C14H32N4O3S. The van der Waals surface area contributed by atoms with Gasteiger partial charge >= 0.3 is 0 Å². The van der Waals surface area contributed by atoms with Crippen molar-refractivity contribution in [2.45, 2.75) is 39.7 Å². The Balaban J connectivity index is 3.98. The van der Waals surface area contributed by atoms with Gasteiger partial charge in [-0.1, -0.05) is 13.8 Å². The van der Waals surface area contributed by atoms with Crippen LogP contribution in [0, 0.1) is 5.92 Å². The zero-order chi connectivity index (χ0) is 17.2. The first-order valence-electron chi connectivity index (χ1n) is 7.57. The van der Waals surface area contributed by atoms with Crippen molar-refractivity contribution in [3.8, 4) is 0 Å². The Morgan fingerprint density at radius 2 is 1.86 bits per heavy atom. The largest absolute Gasteiger partial charge is 0.380 e. The lowest BCUT2D eigenvalue weighted by atomic mass is 10.1. The minimum absolute atomic E-state index is 0.425. The monoisotopic (exact) mass is 336 g/mol. The standard InChI is InChI=1S/C14H32N4O3S/c1-12(2)7-9-21-10-8-16-13(15-5)17-11-14(3,4)18-22(6,19)20/h12,18H,7-11H2,1-6H3,(H2,15,16,17). The Morgan fingerprint density at radius 3 is 2.36 bits per heavy atom.